The number of hydrogen-bond acceptors (Lipinski definition) is 7. The summed E-state index contributed by atoms with van der Waals surface area (Å²) in [4.78, 5) is 36.8. The Labute approximate surface area is 165 Å². The van der Waals surface area contributed by atoms with Crippen molar-refractivity contribution in [2.24, 2.45) is 0 Å². The molecule has 0 atom stereocenters. The highest BCUT2D eigenvalue weighted by Gasteiger charge is 2.12. The third kappa shape index (κ3) is 8.96. The Balaban J connectivity index is 1.51. The summed E-state index contributed by atoms with van der Waals surface area (Å²) < 4.78 is 15.4. The van der Waals surface area contributed by atoms with E-state index in [1.54, 1.807) is 6.08 Å². The van der Waals surface area contributed by atoms with Crippen molar-refractivity contribution in [2.45, 2.75) is 25.7 Å². The van der Waals surface area contributed by atoms with Gasteiger partial charge in [-0.15, -0.1) is 0 Å². The van der Waals surface area contributed by atoms with Crippen LogP contribution in [0.2, 0.25) is 0 Å². The molecule has 0 aromatic carbocycles. The molecule has 2 aliphatic rings. The number of carbonyl (C=O) groups excluding carboxylic acids is 3. The first-order valence-electron chi connectivity index (χ1n) is 9.53. The molecule has 2 rings (SSSR count). The fourth-order valence-corrected chi connectivity index (χ4v) is 2.92. The Hall–Kier alpha value is -2.45. The van der Waals surface area contributed by atoms with Crippen molar-refractivity contribution >= 4 is 17.8 Å². The zero-order chi connectivity index (χ0) is 20.2. The smallest absolute Gasteiger partial charge is 0.331 e. The SMILES string of the molecule is C=C1CC(CCCOC(=O)/C=C/C(=O)OCCCN2CCOCC2)=CC(=O)N1. The third-order valence-electron chi connectivity index (χ3n) is 4.28. The molecule has 0 bridgehead atoms. The van der Waals surface area contributed by atoms with Crippen LogP contribution in [0.25, 0.3) is 0 Å². The second kappa shape index (κ2) is 12.1. The average Bonchev–Trinajstić information content (AvgIpc) is 2.67. The molecule has 1 N–H and O–H groups in total. The van der Waals surface area contributed by atoms with Crippen LogP contribution >= 0.6 is 0 Å². The van der Waals surface area contributed by atoms with Gasteiger partial charge in [0.25, 0.3) is 0 Å². The van der Waals surface area contributed by atoms with Crippen LogP contribution in [0.1, 0.15) is 25.7 Å². The molecule has 0 radical (unpaired) electrons. The summed E-state index contributed by atoms with van der Waals surface area (Å²) in [7, 11) is 0. The Kier molecular flexibility index (Phi) is 9.44. The van der Waals surface area contributed by atoms with Crippen molar-refractivity contribution in [2.75, 3.05) is 46.1 Å². The molecule has 154 valence electrons. The highest BCUT2D eigenvalue weighted by Crippen LogP contribution is 2.17. The molecule has 2 heterocycles. The van der Waals surface area contributed by atoms with Crippen molar-refractivity contribution in [3.8, 4) is 0 Å². The van der Waals surface area contributed by atoms with Crippen LogP contribution in [-0.2, 0) is 28.6 Å². The summed E-state index contributed by atoms with van der Waals surface area (Å²) in [5.74, 6) is -1.32. The van der Waals surface area contributed by atoms with Gasteiger partial charge >= 0.3 is 11.9 Å². The van der Waals surface area contributed by atoms with Crippen molar-refractivity contribution in [1.82, 2.24) is 10.2 Å². The number of carbonyl (C=O) groups is 3. The van der Waals surface area contributed by atoms with Crippen molar-refractivity contribution < 1.29 is 28.6 Å². The Morgan fingerprint density at radius 2 is 1.79 bits per heavy atom. The van der Waals surface area contributed by atoms with Gasteiger partial charge in [0.1, 0.15) is 0 Å². The second-order valence-corrected chi connectivity index (χ2v) is 6.65. The number of amides is 1. The molecular formula is C20H28N2O6. The normalized spacial score (nSPS) is 17.9. The van der Waals surface area contributed by atoms with E-state index in [-0.39, 0.29) is 12.5 Å². The number of rotatable bonds is 10. The molecule has 28 heavy (non-hydrogen) atoms. The van der Waals surface area contributed by atoms with Gasteiger partial charge < -0.3 is 19.5 Å². The number of hydrogen-bond donors (Lipinski definition) is 1. The zero-order valence-corrected chi connectivity index (χ0v) is 16.1. The lowest BCUT2D eigenvalue weighted by Gasteiger charge is -2.26. The highest BCUT2D eigenvalue weighted by molar-refractivity contribution is 5.91. The molecule has 0 aromatic heterocycles. The first-order valence-corrected chi connectivity index (χ1v) is 9.53. The van der Waals surface area contributed by atoms with Crippen molar-refractivity contribution in [1.29, 1.82) is 0 Å². The fourth-order valence-electron chi connectivity index (χ4n) is 2.92. The molecule has 0 spiro atoms. The van der Waals surface area contributed by atoms with E-state index in [0.29, 0.717) is 31.6 Å². The molecule has 8 heteroatoms. The lowest BCUT2D eigenvalue weighted by molar-refractivity contribution is -0.140. The standard InChI is InChI=1S/C20H28N2O6/c1-16-14-17(15-18(23)21-16)4-2-10-27-19(24)5-6-20(25)28-11-3-7-22-8-12-26-13-9-22/h5-6,15H,1-4,7-14H2,(H,21,23)/b6-5+. The largest absolute Gasteiger partial charge is 0.463 e. The fraction of sp³-hybridized carbons (Fsp3) is 0.550. The van der Waals surface area contributed by atoms with E-state index in [0.717, 1.165) is 57.0 Å². The highest BCUT2D eigenvalue weighted by atomic mass is 16.5. The lowest BCUT2D eigenvalue weighted by atomic mass is 10.0. The molecule has 0 aliphatic carbocycles. The van der Waals surface area contributed by atoms with Crippen LogP contribution in [0.15, 0.2) is 36.1 Å². The third-order valence-corrected chi connectivity index (χ3v) is 4.28. The van der Waals surface area contributed by atoms with Crippen molar-refractivity contribution in [3.05, 3.63) is 36.1 Å². The Morgan fingerprint density at radius 1 is 1.14 bits per heavy atom. The second-order valence-electron chi connectivity index (χ2n) is 6.65. The number of ether oxygens (including phenoxy) is 3. The summed E-state index contributed by atoms with van der Waals surface area (Å²) >= 11 is 0. The van der Waals surface area contributed by atoms with Crippen LogP contribution in [0.5, 0.6) is 0 Å². The predicted molar refractivity (Wildman–Crippen MR) is 102 cm³/mol. The molecule has 0 aromatic rings. The van der Waals surface area contributed by atoms with E-state index in [1.165, 1.54) is 0 Å². The summed E-state index contributed by atoms with van der Waals surface area (Å²) in [6, 6.07) is 0. The van der Waals surface area contributed by atoms with E-state index in [1.807, 2.05) is 0 Å². The van der Waals surface area contributed by atoms with E-state index in [2.05, 4.69) is 16.8 Å². The minimum absolute atomic E-state index is 0.172. The number of allylic oxidation sites excluding steroid dienone is 1. The Bertz CT molecular complexity index is 635. The van der Waals surface area contributed by atoms with Gasteiger partial charge in [0, 0.05) is 50.0 Å². The monoisotopic (exact) mass is 392 g/mol. The minimum atomic E-state index is -0.593. The van der Waals surface area contributed by atoms with Gasteiger partial charge in [-0.05, 0) is 19.3 Å². The Morgan fingerprint density at radius 3 is 2.43 bits per heavy atom. The number of nitrogens with one attached hydrogen (secondary N) is 1. The van der Waals surface area contributed by atoms with Crippen molar-refractivity contribution in [3.63, 3.8) is 0 Å². The maximum Gasteiger partial charge on any atom is 0.331 e. The molecule has 8 nitrogen and oxygen atoms in total. The average molecular weight is 392 g/mol. The van der Waals surface area contributed by atoms with Crippen LogP contribution in [0.4, 0.5) is 0 Å². The van der Waals surface area contributed by atoms with E-state index in [4.69, 9.17) is 14.2 Å². The number of esters is 2. The summed E-state index contributed by atoms with van der Waals surface area (Å²) in [5.41, 5.74) is 1.63. The van der Waals surface area contributed by atoms with E-state index < -0.39 is 11.9 Å². The number of morpholine rings is 1. The van der Waals surface area contributed by atoms with Gasteiger partial charge in [-0.25, -0.2) is 9.59 Å². The summed E-state index contributed by atoms with van der Waals surface area (Å²) in [5, 5.41) is 2.62. The van der Waals surface area contributed by atoms with Crippen LogP contribution in [-0.4, -0.2) is 68.8 Å². The van der Waals surface area contributed by atoms with Gasteiger partial charge in [0.2, 0.25) is 5.91 Å². The van der Waals surface area contributed by atoms with Crippen LogP contribution < -0.4 is 5.32 Å². The maximum atomic E-state index is 11.6. The molecule has 2 aliphatic heterocycles. The molecule has 1 fully saturated rings. The lowest BCUT2D eigenvalue weighted by Crippen LogP contribution is -2.37. The van der Waals surface area contributed by atoms with Gasteiger partial charge in [0.05, 0.1) is 26.4 Å². The summed E-state index contributed by atoms with van der Waals surface area (Å²) in [6.45, 7) is 8.41. The molecule has 0 saturated carbocycles. The topological polar surface area (TPSA) is 94.2 Å². The van der Waals surface area contributed by atoms with Gasteiger partial charge in [0.15, 0.2) is 0 Å². The first-order chi connectivity index (χ1) is 13.5. The van der Waals surface area contributed by atoms with Gasteiger partial charge in [-0.2, -0.15) is 0 Å². The van der Waals surface area contributed by atoms with Gasteiger partial charge in [-0.1, -0.05) is 12.2 Å². The first kappa shape index (κ1) is 21.8. The molecule has 1 saturated heterocycles. The van der Waals surface area contributed by atoms with E-state index in [9.17, 15) is 14.4 Å². The quantitative estimate of drug-likeness (QED) is 0.338. The maximum absolute atomic E-state index is 11.6. The van der Waals surface area contributed by atoms with E-state index >= 15 is 0 Å². The van der Waals surface area contributed by atoms with Gasteiger partial charge in [-0.3, -0.25) is 9.69 Å². The zero-order valence-electron chi connectivity index (χ0n) is 16.1. The molecule has 1 amide bonds. The minimum Gasteiger partial charge on any atom is -0.463 e. The molecule has 0 unspecified atom stereocenters. The predicted octanol–water partition coefficient (Wildman–Crippen LogP) is 1.09. The number of nitrogens with zero attached hydrogens (tertiary/aromatic N) is 1. The summed E-state index contributed by atoms with van der Waals surface area (Å²) in [6.07, 6.45) is 6.30. The van der Waals surface area contributed by atoms with Crippen LogP contribution in [0, 0.1) is 0 Å². The molecular weight excluding hydrogens is 364 g/mol. The van der Waals surface area contributed by atoms with Crippen LogP contribution in [0.3, 0.4) is 0 Å².